The third kappa shape index (κ3) is 6.48. The lowest BCUT2D eigenvalue weighted by Crippen LogP contribution is -2.46. The molecule has 0 spiro atoms. The first-order valence-corrected chi connectivity index (χ1v) is 5.79. The molecule has 0 bridgehead atoms. The quantitative estimate of drug-likeness (QED) is 0.698. The van der Waals surface area contributed by atoms with E-state index in [-0.39, 0.29) is 0 Å². The van der Waals surface area contributed by atoms with E-state index in [0.717, 1.165) is 13.0 Å². The summed E-state index contributed by atoms with van der Waals surface area (Å²) in [5.41, 5.74) is 0. The average molecular weight is 211 g/mol. The van der Waals surface area contributed by atoms with Gasteiger partial charge >= 0.3 is 0 Å². The number of nitrogens with one attached hydrogen (secondary N) is 1. The van der Waals surface area contributed by atoms with Crippen molar-refractivity contribution < 1.29 is 0 Å². The highest BCUT2D eigenvalue weighted by Crippen LogP contribution is 2.07. The summed E-state index contributed by atoms with van der Waals surface area (Å²) in [6.45, 7) is 7.60. The molecule has 0 saturated heterocycles. The van der Waals surface area contributed by atoms with E-state index in [1.54, 1.807) is 0 Å². The van der Waals surface area contributed by atoms with Crippen LogP contribution in [0.25, 0.3) is 0 Å². The fraction of sp³-hybridized carbons (Fsp3) is 0.917. The molecule has 0 rings (SSSR count). The van der Waals surface area contributed by atoms with Crippen LogP contribution in [-0.2, 0) is 0 Å². The minimum Gasteiger partial charge on any atom is -0.309 e. The van der Waals surface area contributed by atoms with Crippen LogP contribution in [0.2, 0.25) is 0 Å². The summed E-state index contributed by atoms with van der Waals surface area (Å²) in [5, 5.41) is 12.3. The van der Waals surface area contributed by atoms with E-state index >= 15 is 0 Å². The SMILES string of the molecule is CCC(CC#N)NC(CN(C)C)C(C)C. The van der Waals surface area contributed by atoms with Gasteiger partial charge in [0.05, 0.1) is 12.5 Å². The minimum absolute atomic E-state index is 0.336. The second kappa shape index (κ2) is 7.67. The summed E-state index contributed by atoms with van der Waals surface area (Å²) < 4.78 is 0. The van der Waals surface area contributed by atoms with Crippen LogP contribution in [0.3, 0.4) is 0 Å². The highest BCUT2D eigenvalue weighted by molar-refractivity contribution is 4.84. The Morgan fingerprint density at radius 3 is 2.27 bits per heavy atom. The van der Waals surface area contributed by atoms with Crippen molar-refractivity contribution in [3.05, 3.63) is 0 Å². The summed E-state index contributed by atoms with van der Waals surface area (Å²) in [6.07, 6.45) is 1.62. The molecule has 0 heterocycles. The Morgan fingerprint density at radius 2 is 1.93 bits per heavy atom. The first-order chi connectivity index (χ1) is 7.01. The van der Waals surface area contributed by atoms with Crippen molar-refractivity contribution in [2.75, 3.05) is 20.6 Å². The summed E-state index contributed by atoms with van der Waals surface area (Å²) in [7, 11) is 4.17. The number of nitrogens with zero attached hydrogens (tertiary/aromatic N) is 2. The molecule has 2 unspecified atom stereocenters. The normalized spacial score (nSPS) is 15.3. The maximum absolute atomic E-state index is 8.70. The lowest BCUT2D eigenvalue weighted by Gasteiger charge is -2.29. The van der Waals surface area contributed by atoms with Gasteiger partial charge in [0.1, 0.15) is 0 Å². The molecule has 15 heavy (non-hydrogen) atoms. The average Bonchev–Trinajstić information content (AvgIpc) is 2.14. The van der Waals surface area contributed by atoms with Crippen LogP contribution in [0.4, 0.5) is 0 Å². The maximum Gasteiger partial charge on any atom is 0.0638 e. The molecule has 2 atom stereocenters. The van der Waals surface area contributed by atoms with Gasteiger partial charge in [-0.2, -0.15) is 5.26 Å². The Balaban J connectivity index is 4.19. The standard InChI is InChI=1S/C12H25N3/c1-6-11(7-8-13)14-12(10(2)3)9-15(4)5/h10-12,14H,6-7,9H2,1-5H3. The van der Waals surface area contributed by atoms with Crippen molar-refractivity contribution in [2.24, 2.45) is 5.92 Å². The maximum atomic E-state index is 8.70. The van der Waals surface area contributed by atoms with Gasteiger partial charge in [0.25, 0.3) is 0 Å². The smallest absolute Gasteiger partial charge is 0.0638 e. The van der Waals surface area contributed by atoms with Crippen molar-refractivity contribution in [1.82, 2.24) is 10.2 Å². The molecule has 0 amide bonds. The van der Waals surface area contributed by atoms with E-state index in [4.69, 9.17) is 5.26 Å². The van der Waals surface area contributed by atoms with Crippen LogP contribution in [0, 0.1) is 17.2 Å². The van der Waals surface area contributed by atoms with Crippen molar-refractivity contribution in [2.45, 2.75) is 45.7 Å². The fourth-order valence-corrected chi connectivity index (χ4v) is 1.58. The van der Waals surface area contributed by atoms with Gasteiger partial charge < -0.3 is 10.2 Å². The Labute approximate surface area is 94.5 Å². The van der Waals surface area contributed by atoms with Crippen molar-refractivity contribution >= 4 is 0 Å². The van der Waals surface area contributed by atoms with E-state index in [1.165, 1.54) is 0 Å². The number of hydrogen-bond donors (Lipinski definition) is 1. The zero-order valence-corrected chi connectivity index (χ0v) is 10.7. The minimum atomic E-state index is 0.336. The Morgan fingerprint density at radius 1 is 1.33 bits per heavy atom. The molecule has 0 fully saturated rings. The van der Waals surface area contributed by atoms with Crippen LogP contribution in [0.5, 0.6) is 0 Å². The number of likely N-dealkylation sites (N-methyl/N-ethyl adjacent to an activating group) is 1. The molecule has 0 radical (unpaired) electrons. The Bertz CT molecular complexity index is 194. The Kier molecular flexibility index (Phi) is 7.37. The molecule has 0 aromatic carbocycles. The topological polar surface area (TPSA) is 39.1 Å². The molecule has 0 aliphatic heterocycles. The van der Waals surface area contributed by atoms with Gasteiger partial charge in [0.2, 0.25) is 0 Å². The van der Waals surface area contributed by atoms with Crippen LogP contribution in [0.15, 0.2) is 0 Å². The molecule has 3 heteroatoms. The molecule has 0 aromatic heterocycles. The van der Waals surface area contributed by atoms with E-state index in [2.05, 4.69) is 51.2 Å². The van der Waals surface area contributed by atoms with Crippen LogP contribution >= 0.6 is 0 Å². The van der Waals surface area contributed by atoms with Gasteiger partial charge in [-0.05, 0) is 26.4 Å². The molecule has 3 nitrogen and oxygen atoms in total. The highest BCUT2D eigenvalue weighted by atomic mass is 15.1. The van der Waals surface area contributed by atoms with Crippen LogP contribution in [-0.4, -0.2) is 37.6 Å². The second-order valence-corrected chi connectivity index (χ2v) is 4.75. The van der Waals surface area contributed by atoms with Gasteiger partial charge in [-0.3, -0.25) is 0 Å². The number of nitriles is 1. The lowest BCUT2D eigenvalue weighted by molar-refractivity contribution is 0.266. The molecule has 0 aliphatic rings. The largest absolute Gasteiger partial charge is 0.309 e. The summed E-state index contributed by atoms with van der Waals surface area (Å²) in [4.78, 5) is 2.19. The number of hydrogen-bond acceptors (Lipinski definition) is 3. The van der Waals surface area contributed by atoms with Crippen LogP contribution in [0.1, 0.15) is 33.6 Å². The van der Waals surface area contributed by atoms with Gasteiger partial charge in [0, 0.05) is 18.6 Å². The van der Waals surface area contributed by atoms with Crippen molar-refractivity contribution in [3.8, 4) is 6.07 Å². The predicted molar refractivity (Wildman–Crippen MR) is 64.6 cm³/mol. The third-order valence-corrected chi connectivity index (χ3v) is 2.65. The predicted octanol–water partition coefficient (Wildman–Crippen LogP) is 1.85. The Hall–Kier alpha value is -0.590. The zero-order valence-electron chi connectivity index (χ0n) is 10.7. The molecule has 1 N–H and O–H groups in total. The van der Waals surface area contributed by atoms with Gasteiger partial charge in [-0.15, -0.1) is 0 Å². The monoisotopic (exact) mass is 211 g/mol. The van der Waals surface area contributed by atoms with Gasteiger partial charge in [-0.1, -0.05) is 20.8 Å². The van der Waals surface area contributed by atoms with E-state index in [1.807, 2.05) is 0 Å². The summed E-state index contributed by atoms with van der Waals surface area (Å²) >= 11 is 0. The molecule has 88 valence electrons. The molecular formula is C12H25N3. The molecule has 0 aromatic rings. The van der Waals surface area contributed by atoms with Crippen molar-refractivity contribution in [1.29, 1.82) is 5.26 Å². The molecular weight excluding hydrogens is 186 g/mol. The van der Waals surface area contributed by atoms with Gasteiger partial charge in [0.15, 0.2) is 0 Å². The second-order valence-electron chi connectivity index (χ2n) is 4.75. The van der Waals surface area contributed by atoms with E-state index in [9.17, 15) is 0 Å². The first kappa shape index (κ1) is 14.4. The van der Waals surface area contributed by atoms with Gasteiger partial charge in [-0.25, -0.2) is 0 Å². The third-order valence-electron chi connectivity index (χ3n) is 2.65. The number of rotatable bonds is 7. The summed E-state index contributed by atoms with van der Waals surface area (Å²) in [6, 6.07) is 3.05. The molecule has 0 saturated carbocycles. The first-order valence-electron chi connectivity index (χ1n) is 5.79. The summed E-state index contributed by atoms with van der Waals surface area (Å²) in [5.74, 6) is 0.597. The van der Waals surface area contributed by atoms with Crippen LogP contribution < -0.4 is 5.32 Å². The fourth-order valence-electron chi connectivity index (χ4n) is 1.58. The molecule has 0 aliphatic carbocycles. The van der Waals surface area contributed by atoms with E-state index in [0.29, 0.717) is 24.4 Å². The zero-order chi connectivity index (χ0) is 11.8. The van der Waals surface area contributed by atoms with E-state index < -0.39 is 0 Å². The van der Waals surface area contributed by atoms with Crippen molar-refractivity contribution in [3.63, 3.8) is 0 Å². The highest BCUT2D eigenvalue weighted by Gasteiger charge is 2.17. The lowest BCUT2D eigenvalue weighted by atomic mass is 10.0.